The van der Waals surface area contributed by atoms with E-state index in [-0.39, 0.29) is 0 Å². The quantitative estimate of drug-likeness (QED) is 0.660. The Kier molecular flexibility index (Phi) is 5.18. The molecule has 0 aromatic heterocycles. The molecule has 0 bridgehead atoms. The van der Waals surface area contributed by atoms with Gasteiger partial charge in [0, 0.05) is 0 Å². The van der Waals surface area contributed by atoms with Gasteiger partial charge in [0.2, 0.25) is 0 Å². The Morgan fingerprint density at radius 3 is 2.50 bits per heavy atom. The van der Waals surface area contributed by atoms with Crippen LogP contribution >= 0.6 is 0 Å². The summed E-state index contributed by atoms with van der Waals surface area (Å²) in [7, 11) is 0. The lowest BCUT2D eigenvalue weighted by Gasteiger charge is -2.29. The Labute approximate surface area is 74.9 Å². The summed E-state index contributed by atoms with van der Waals surface area (Å²) in [6.07, 6.45) is 4.86. The van der Waals surface area contributed by atoms with Crippen molar-refractivity contribution in [2.24, 2.45) is 0 Å². The molecule has 0 aliphatic carbocycles. The number of hydrogen-bond acceptors (Lipinski definition) is 2. The van der Waals surface area contributed by atoms with Crippen molar-refractivity contribution in [1.82, 2.24) is 0 Å². The van der Waals surface area contributed by atoms with Crippen LogP contribution in [0.1, 0.15) is 33.1 Å². The van der Waals surface area contributed by atoms with E-state index >= 15 is 0 Å². The van der Waals surface area contributed by atoms with E-state index in [1.165, 1.54) is 0 Å². The summed E-state index contributed by atoms with van der Waals surface area (Å²) in [6, 6.07) is 0. The zero-order chi connectivity index (χ0) is 9.61. The molecule has 2 heteroatoms. The average Bonchev–Trinajstić information content (AvgIpc) is 2.04. The van der Waals surface area contributed by atoms with E-state index in [1.807, 2.05) is 13.0 Å². The van der Waals surface area contributed by atoms with Gasteiger partial charge in [-0.1, -0.05) is 19.1 Å². The topological polar surface area (TPSA) is 40.5 Å². The molecule has 0 fully saturated rings. The van der Waals surface area contributed by atoms with E-state index < -0.39 is 11.7 Å². The molecule has 2 unspecified atom stereocenters. The maximum Gasteiger partial charge on any atom is 0.0903 e. The molecule has 0 aliphatic heterocycles. The Morgan fingerprint density at radius 2 is 2.17 bits per heavy atom. The molecule has 0 amide bonds. The first kappa shape index (κ1) is 11.7. The van der Waals surface area contributed by atoms with E-state index in [4.69, 9.17) is 0 Å². The molecular weight excluding hydrogens is 152 g/mol. The average molecular weight is 171 g/mol. The predicted octanol–water partition coefficient (Wildman–Crippen LogP) is 1.68. The highest BCUT2D eigenvalue weighted by atomic mass is 16.3. The number of hydrogen-bond donors (Lipinski definition) is 2. The van der Waals surface area contributed by atoms with Crippen molar-refractivity contribution in [2.45, 2.75) is 44.8 Å². The van der Waals surface area contributed by atoms with E-state index in [0.29, 0.717) is 12.8 Å². The van der Waals surface area contributed by atoms with Crippen LogP contribution in [0.15, 0.2) is 12.2 Å². The van der Waals surface area contributed by atoms with Crippen LogP contribution in [0.3, 0.4) is 0 Å². The van der Waals surface area contributed by atoms with E-state index in [9.17, 15) is 10.2 Å². The number of allylic oxidation sites excluding steroid dienone is 2. The largest absolute Gasteiger partial charge is 0.390 e. The Balaban J connectivity index is 3.96. The zero-order valence-electron chi connectivity index (χ0n) is 7.95. The van der Waals surface area contributed by atoms with Gasteiger partial charge in [-0.05, 0) is 33.1 Å². The van der Waals surface area contributed by atoms with Crippen LogP contribution < -0.4 is 0 Å². The Hall–Kier alpha value is -0.340. The maximum absolute atomic E-state index is 9.82. The number of aliphatic hydroxyl groups excluding tert-OH is 1. The minimum absolute atomic E-state index is 0.579. The molecule has 0 rings (SSSR count). The summed E-state index contributed by atoms with van der Waals surface area (Å²) in [5.41, 5.74) is -0.931. The second-order valence-corrected chi connectivity index (χ2v) is 3.14. The van der Waals surface area contributed by atoms with E-state index in [0.717, 1.165) is 6.42 Å². The molecule has 0 heterocycles. The van der Waals surface area contributed by atoms with Gasteiger partial charge in [-0.15, -0.1) is 0 Å². The van der Waals surface area contributed by atoms with Gasteiger partial charge in [0.1, 0.15) is 0 Å². The van der Waals surface area contributed by atoms with Crippen molar-refractivity contribution in [2.75, 3.05) is 0 Å². The first-order chi connectivity index (χ1) is 5.56. The molecule has 2 N–H and O–H groups in total. The van der Waals surface area contributed by atoms with Gasteiger partial charge in [-0.25, -0.2) is 0 Å². The van der Waals surface area contributed by atoms with Crippen LogP contribution in [0.25, 0.3) is 0 Å². The van der Waals surface area contributed by atoms with Crippen molar-refractivity contribution >= 4 is 0 Å². The fourth-order valence-electron chi connectivity index (χ4n) is 1.13. The fourth-order valence-corrected chi connectivity index (χ4v) is 1.13. The zero-order valence-corrected chi connectivity index (χ0v) is 7.95. The SMILES string of the molecule is [CH2]/C=C/CCC(O)(CC)C(C)O. The van der Waals surface area contributed by atoms with Crippen molar-refractivity contribution in [1.29, 1.82) is 0 Å². The molecule has 0 aromatic carbocycles. The van der Waals surface area contributed by atoms with Crippen LogP contribution in [0, 0.1) is 6.92 Å². The molecule has 0 aromatic rings. The van der Waals surface area contributed by atoms with Gasteiger partial charge < -0.3 is 10.2 Å². The standard InChI is InChI=1S/C10H19O2/c1-4-6-7-8-10(12,5-2)9(3)11/h4,6,9,11-12H,1,5,7-8H2,2-3H3/b6-4+. The first-order valence-electron chi connectivity index (χ1n) is 4.41. The summed E-state index contributed by atoms with van der Waals surface area (Å²) in [6.45, 7) is 7.05. The first-order valence-corrected chi connectivity index (χ1v) is 4.41. The number of rotatable bonds is 5. The van der Waals surface area contributed by atoms with Crippen LogP contribution in [-0.2, 0) is 0 Å². The molecule has 12 heavy (non-hydrogen) atoms. The minimum atomic E-state index is -0.931. The minimum Gasteiger partial charge on any atom is -0.390 e. The lowest BCUT2D eigenvalue weighted by atomic mass is 9.89. The van der Waals surface area contributed by atoms with Gasteiger partial charge in [0.15, 0.2) is 0 Å². The molecule has 0 aliphatic rings. The van der Waals surface area contributed by atoms with Crippen molar-refractivity contribution in [3.63, 3.8) is 0 Å². The Morgan fingerprint density at radius 1 is 1.58 bits per heavy atom. The third-order valence-corrected chi connectivity index (χ3v) is 2.30. The Bertz CT molecular complexity index is 141. The number of aliphatic hydroxyl groups is 2. The van der Waals surface area contributed by atoms with Gasteiger partial charge in [0.25, 0.3) is 0 Å². The lowest BCUT2D eigenvalue weighted by Crippen LogP contribution is -2.39. The molecule has 2 atom stereocenters. The van der Waals surface area contributed by atoms with Crippen molar-refractivity contribution in [3.8, 4) is 0 Å². The lowest BCUT2D eigenvalue weighted by molar-refractivity contribution is -0.0732. The van der Waals surface area contributed by atoms with Crippen LogP contribution in [0.2, 0.25) is 0 Å². The monoisotopic (exact) mass is 171 g/mol. The summed E-state index contributed by atoms with van der Waals surface area (Å²) in [5.74, 6) is 0. The van der Waals surface area contributed by atoms with Crippen LogP contribution in [0.4, 0.5) is 0 Å². The highest BCUT2D eigenvalue weighted by Crippen LogP contribution is 2.21. The summed E-state index contributed by atoms with van der Waals surface area (Å²) in [4.78, 5) is 0. The molecule has 2 nitrogen and oxygen atoms in total. The molecule has 0 saturated carbocycles. The highest BCUT2D eigenvalue weighted by molar-refractivity contribution is 4.89. The van der Waals surface area contributed by atoms with Crippen molar-refractivity contribution < 1.29 is 10.2 Å². The van der Waals surface area contributed by atoms with E-state index in [2.05, 4.69) is 6.92 Å². The van der Waals surface area contributed by atoms with Gasteiger partial charge in [-0.2, -0.15) is 0 Å². The van der Waals surface area contributed by atoms with Gasteiger partial charge in [-0.3, -0.25) is 0 Å². The second kappa shape index (κ2) is 5.33. The van der Waals surface area contributed by atoms with Crippen molar-refractivity contribution in [3.05, 3.63) is 19.1 Å². The third-order valence-electron chi connectivity index (χ3n) is 2.30. The summed E-state index contributed by atoms with van der Waals surface area (Å²) < 4.78 is 0. The second-order valence-electron chi connectivity index (χ2n) is 3.14. The normalized spacial score (nSPS) is 19.4. The fraction of sp³-hybridized carbons (Fsp3) is 0.700. The molecular formula is C10H19O2. The highest BCUT2D eigenvalue weighted by Gasteiger charge is 2.29. The van der Waals surface area contributed by atoms with Gasteiger partial charge in [0.05, 0.1) is 11.7 Å². The van der Waals surface area contributed by atoms with Crippen LogP contribution in [-0.4, -0.2) is 21.9 Å². The van der Waals surface area contributed by atoms with Gasteiger partial charge >= 0.3 is 0 Å². The molecule has 0 saturated heterocycles. The van der Waals surface area contributed by atoms with Crippen LogP contribution in [0.5, 0.6) is 0 Å². The van der Waals surface area contributed by atoms with E-state index in [1.54, 1.807) is 13.0 Å². The third kappa shape index (κ3) is 3.37. The smallest absolute Gasteiger partial charge is 0.0903 e. The summed E-state index contributed by atoms with van der Waals surface area (Å²) in [5, 5.41) is 19.1. The molecule has 71 valence electrons. The maximum atomic E-state index is 9.82. The summed E-state index contributed by atoms with van der Waals surface area (Å²) >= 11 is 0. The molecule has 1 radical (unpaired) electrons. The predicted molar refractivity (Wildman–Crippen MR) is 50.7 cm³/mol. The molecule has 0 spiro atoms.